The van der Waals surface area contributed by atoms with Crippen LogP contribution in [0.25, 0.3) is 11.3 Å². The number of nitrogens with two attached hydrogens (primary N) is 1. The highest BCUT2D eigenvalue weighted by Crippen LogP contribution is 2.26. The van der Waals surface area contributed by atoms with E-state index in [-0.39, 0.29) is 17.1 Å². The molecule has 0 spiro atoms. The van der Waals surface area contributed by atoms with Crippen LogP contribution in [0, 0.1) is 10.1 Å². The number of non-ortho nitro benzene ring substituents is 1. The lowest BCUT2D eigenvalue weighted by atomic mass is 10.1. The molecule has 0 fully saturated rings. The quantitative estimate of drug-likeness (QED) is 0.500. The van der Waals surface area contributed by atoms with E-state index in [1.165, 1.54) is 28.9 Å². The van der Waals surface area contributed by atoms with E-state index >= 15 is 0 Å². The van der Waals surface area contributed by atoms with Crippen molar-refractivity contribution in [3.63, 3.8) is 0 Å². The van der Waals surface area contributed by atoms with Crippen LogP contribution in [0.4, 0.5) is 11.5 Å². The van der Waals surface area contributed by atoms with E-state index in [9.17, 15) is 14.9 Å². The minimum Gasteiger partial charge on any atom is -0.383 e. The van der Waals surface area contributed by atoms with Gasteiger partial charge in [0.25, 0.3) is 5.69 Å². The average Bonchev–Trinajstić information content (AvgIpc) is 2.65. The predicted molar refractivity (Wildman–Crippen MR) is 65.1 cm³/mol. The van der Waals surface area contributed by atoms with Crippen LogP contribution in [0.5, 0.6) is 0 Å². The van der Waals surface area contributed by atoms with Gasteiger partial charge in [-0.05, 0) is 12.1 Å². The number of nitrogen functional groups attached to an aromatic ring is 1. The van der Waals surface area contributed by atoms with Crippen molar-refractivity contribution < 1.29 is 9.72 Å². The fourth-order valence-corrected chi connectivity index (χ4v) is 1.62. The van der Waals surface area contributed by atoms with Crippen molar-refractivity contribution in [1.29, 1.82) is 0 Å². The molecule has 1 heterocycles. The van der Waals surface area contributed by atoms with Crippen molar-refractivity contribution in [2.75, 3.05) is 5.73 Å². The lowest BCUT2D eigenvalue weighted by molar-refractivity contribution is -0.384. The minimum absolute atomic E-state index is 0.0182. The summed E-state index contributed by atoms with van der Waals surface area (Å²) in [6, 6.07) is 5.78. The summed E-state index contributed by atoms with van der Waals surface area (Å²) in [5, 5.41) is 14.7. The van der Waals surface area contributed by atoms with Gasteiger partial charge >= 0.3 is 0 Å². The molecule has 7 heteroatoms. The van der Waals surface area contributed by atoms with Gasteiger partial charge in [0.2, 0.25) is 0 Å². The fourth-order valence-electron chi connectivity index (χ4n) is 1.62. The molecular weight excluding hydrogens is 236 g/mol. The summed E-state index contributed by atoms with van der Waals surface area (Å²) in [5.74, 6) is 0.262. The first kappa shape index (κ1) is 11.8. The molecule has 0 atom stereocenters. The van der Waals surface area contributed by atoms with E-state index < -0.39 is 4.92 Å². The van der Waals surface area contributed by atoms with Crippen LogP contribution < -0.4 is 5.73 Å². The van der Waals surface area contributed by atoms with Gasteiger partial charge in [-0.3, -0.25) is 19.6 Å². The number of nitro benzene ring substituents is 1. The predicted octanol–water partition coefficient (Wildman–Crippen LogP) is 1.39. The Balaban J connectivity index is 2.52. The van der Waals surface area contributed by atoms with Crippen LogP contribution in [0.2, 0.25) is 0 Å². The maximum Gasteiger partial charge on any atom is 0.269 e. The van der Waals surface area contributed by atoms with Crippen molar-refractivity contribution in [3.05, 3.63) is 39.9 Å². The van der Waals surface area contributed by atoms with Crippen molar-refractivity contribution >= 4 is 17.8 Å². The third-order valence-electron chi connectivity index (χ3n) is 2.60. The van der Waals surface area contributed by atoms with Gasteiger partial charge in [-0.25, -0.2) is 0 Å². The van der Waals surface area contributed by atoms with Crippen molar-refractivity contribution in [1.82, 2.24) is 9.78 Å². The second kappa shape index (κ2) is 4.28. The number of anilines is 1. The lowest BCUT2D eigenvalue weighted by Crippen LogP contribution is -1.98. The SMILES string of the molecule is Cn1nc(-c2ccc([N+](=O)[O-])cc2)c(C=O)c1N. The van der Waals surface area contributed by atoms with Gasteiger partial charge in [-0.15, -0.1) is 0 Å². The fraction of sp³-hybridized carbons (Fsp3) is 0.0909. The monoisotopic (exact) mass is 246 g/mol. The van der Waals surface area contributed by atoms with Gasteiger partial charge in [-0.2, -0.15) is 5.10 Å². The number of aryl methyl sites for hydroxylation is 1. The molecule has 1 aromatic carbocycles. The Labute approximate surface area is 102 Å². The first-order valence-corrected chi connectivity index (χ1v) is 5.07. The zero-order chi connectivity index (χ0) is 13.3. The van der Waals surface area contributed by atoms with E-state index in [2.05, 4.69) is 5.10 Å². The van der Waals surface area contributed by atoms with Crippen molar-refractivity contribution in [2.24, 2.45) is 7.05 Å². The summed E-state index contributed by atoms with van der Waals surface area (Å²) >= 11 is 0. The van der Waals surface area contributed by atoms with E-state index in [4.69, 9.17) is 5.73 Å². The molecular formula is C11H10N4O3. The first-order valence-electron chi connectivity index (χ1n) is 5.07. The Hall–Kier alpha value is -2.70. The number of hydrogen-bond acceptors (Lipinski definition) is 5. The molecule has 2 N–H and O–H groups in total. The highest BCUT2D eigenvalue weighted by Gasteiger charge is 2.15. The topological polar surface area (TPSA) is 104 Å². The number of carbonyl (C=O) groups is 1. The van der Waals surface area contributed by atoms with Gasteiger partial charge in [0.05, 0.1) is 10.5 Å². The largest absolute Gasteiger partial charge is 0.383 e. The number of nitro groups is 1. The van der Waals surface area contributed by atoms with E-state index in [0.717, 1.165) is 0 Å². The maximum absolute atomic E-state index is 11.0. The maximum atomic E-state index is 11.0. The van der Waals surface area contributed by atoms with E-state index in [0.29, 0.717) is 17.5 Å². The van der Waals surface area contributed by atoms with Crippen LogP contribution in [-0.2, 0) is 7.05 Å². The molecule has 7 nitrogen and oxygen atoms in total. The zero-order valence-electron chi connectivity index (χ0n) is 9.53. The number of aromatic nitrogens is 2. The molecule has 0 radical (unpaired) electrons. The summed E-state index contributed by atoms with van der Waals surface area (Å²) in [4.78, 5) is 21.0. The second-order valence-electron chi connectivity index (χ2n) is 3.69. The van der Waals surface area contributed by atoms with Gasteiger partial charge in [-0.1, -0.05) is 0 Å². The number of carbonyl (C=O) groups excluding carboxylic acids is 1. The molecule has 0 aliphatic carbocycles. The van der Waals surface area contributed by atoms with Crippen molar-refractivity contribution in [2.45, 2.75) is 0 Å². The number of hydrogen-bond donors (Lipinski definition) is 1. The summed E-state index contributed by atoms with van der Waals surface area (Å²) < 4.78 is 1.39. The molecule has 0 unspecified atom stereocenters. The lowest BCUT2D eigenvalue weighted by Gasteiger charge is -1.97. The Bertz CT molecular complexity index is 616. The molecule has 2 rings (SSSR count). The molecule has 0 amide bonds. The van der Waals surface area contributed by atoms with Crippen LogP contribution in [0.1, 0.15) is 10.4 Å². The standard InChI is InChI=1S/C11H10N4O3/c1-14-11(12)9(6-16)10(13-14)7-2-4-8(5-3-7)15(17)18/h2-6H,12H2,1H3. The Morgan fingerprint density at radius 3 is 2.50 bits per heavy atom. The average molecular weight is 246 g/mol. The molecule has 2 aromatic rings. The molecule has 0 aliphatic heterocycles. The van der Waals surface area contributed by atoms with E-state index in [1.807, 2.05) is 0 Å². The summed E-state index contributed by atoms with van der Waals surface area (Å²) in [7, 11) is 1.62. The van der Waals surface area contributed by atoms with Crippen LogP contribution in [0.15, 0.2) is 24.3 Å². The van der Waals surface area contributed by atoms with Crippen LogP contribution in [0.3, 0.4) is 0 Å². The van der Waals surface area contributed by atoms with Crippen LogP contribution in [-0.4, -0.2) is 21.0 Å². The third kappa shape index (κ3) is 1.81. The Morgan fingerprint density at radius 2 is 2.00 bits per heavy atom. The van der Waals surface area contributed by atoms with Gasteiger partial charge in [0.15, 0.2) is 6.29 Å². The van der Waals surface area contributed by atoms with Gasteiger partial charge < -0.3 is 5.73 Å². The highest BCUT2D eigenvalue weighted by atomic mass is 16.6. The molecule has 0 saturated carbocycles. The molecule has 92 valence electrons. The Kier molecular flexibility index (Phi) is 2.80. The van der Waals surface area contributed by atoms with Crippen molar-refractivity contribution in [3.8, 4) is 11.3 Å². The minimum atomic E-state index is -0.489. The van der Waals surface area contributed by atoms with Crippen LogP contribution >= 0.6 is 0 Å². The molecule has 1 aromatic heterocycles. The second-order valence-corrected chi connectivity index (χ2v) is 3.69. The summed E-state index contributed by atoms with van der Waals surface area (Å²) in [6.45, 7) is 0. The summed E-state index contributed by atoms with van der Waals surface area (Å²) in [6.07, 6.45) is 0.624. The molecule has 18 heavy (non-hydrogen) atoms. The van der Waals surface area contributed by atoms with E-state index in [1.54, 1.807) is 7.05 Å². The smallest absolute Gasteiger partial charge is 0.269 e. The number of nitrogens with zero attached hydrogens (tertiary/aromatic N) is 3. The van der Waals surface area contributed by atoms with Gasteiger partial charge in [0, 0.05) is 24.7 Å². The number of benzene rings is 1. The number of rotatable bonds is 3. The molecule has 0 aliphatic rings. The Morgan fingerprint density at radius 1 is 1.39 bits per heavy atom. The zero-order valence-corrected chi connectivity index (χ0v) is 9.53. The molecule has 0 bridgehead atoms. The highest BCUT2D eigenvalue weighted by molar-refractivity contribution is 5.91. The molecule has 0 saturated heterocycles. The normalized spacial score (nSPS) is 10.3. The summed E-state index contributed by atoms with van der Waals surface area (Å²) in [5.41, 5.74) is 6.98. The van der Waals surface area contributed by atoms with Gasteiger partial charge in [0.1, 0.15) is 11.5 Å². The number of aldehydes is 1. The third-order valence-corrected chi connectivity index (χ3v) is 2.60. The first-order chi connectivity index (χ1) is 8.54.